The van der Waals surface area contributed by atoms with Crippen LogP contribution in [-0.4, -0.2) is 44.3 Å². The Balaban J connectivity index is 2.35. The fraction of sp³-hybridized carbons (Fsp3) is 0.933. The van der Waals surface area contributed by atoms with E-state index in [4.69, 9.17) is 14.2 Å². The fourth-order valence-electron chi connectivity index (χ4n) is 2.56. The van der Waals surface area contributed by atoms with E-state index in [2.05, 4.69) is 27.7 Å². The molecule has 1 unspecified atom stereocenters. The van der Waals surface area contributed by atoms with Gasteiger partial charge < -0.3 is 19.3 Å². The normalized spacial score (nSPS) is 20.4. The molecule has 1 fully saturated rings. The first kappa shape index (κ1) is 17.4. The number of hydrogen-bond donors (Lipinski definition) is 1. The molecule has 1 saturated heterocycles. The van der Waals surface area contributed by atoms with Gasteiger partial charge in [0.15, 0.2) is 0 Å². The first-order chi connectivity index (χ1) is 9.26. The molecule has 0 amide bonds. The number of hydrogen-bond acceptors (Lipinski definition) is 5. The summed E-state index contributed by atoms with van der Waals surface area (Å²) in [5.74, 6) is 0.0248. The van der Waals surface area contributed by atoms with Gasteiger partial charge in [0.25, 0.3) is 0 Å². The molecule has 0 aromatic rings. The largest absolute Gasteiger partial charge is 0.465 e. The smallest absolute Gasteiger partial charge is 0.306 e. The van der Waals surface area contributed by atoms with E-state index in [0.29, 0.717) is 25.7 Å². The molecule has 20 heavy (non-hydrogen) atoms. The first-order valence-corrected chi connectivity index (χ1v) is 7.18. The molecule has 0 radical (unpaired) electrons. The van der Waals surface area contributed by atoms with Crippen molar-refractivity contribution in [3.8, 4) is 0 Å². The van der Waals surface area contributed by atoms with Crippen LogP contribution in [0.4, 0.5) is 0 Å². The molecule has 5 nitrogen and oxygen atoms in total. The molecule has 118 valence electrons. The zero-order valence-corrected chi connectivity index (χ0v) is 13.1. The summed E-state index contributed by atoms with van der Waals surface area (Å²) in [6.45, 7) is 9.74. The van der Waals surface area contributed by atoms with Crippen LogP contribution in [0.2, 0.25) is 0 Å². The summed E-state index contributed by atoms with van der Waals surface area (Å²) in [5, 5.41) is 9.45. The van der Waals surface area contributed by atoms with E-state index in [9.17, 15) is 9.90 Å². The Labute approximate surface area is 121 Å². The molecule has 1 atom stereocenters. The van der Waals surface area contributed by atoms with Crippen LogP contribution in [0, 0.1) is 16.7 Å². The van der Waals surface area contributed by atoms with Crippen molar-refractivity contribution >= 4 is 5.97 Å². The molecule has 5 heteroatoms. The predicted molar refractivity (Wildman–Crippen MR) is 75.1 cm³/mol. The van der Waals surface area contributed by atoms with Gasteiger partial charge in [-0.15, -0.1) is 0 Å². The van der Waals surface area contributed by atoms with Crippen LogP contribution in [0.3, 0.4) is 0 Å². The van der Waals surface area contributed by atoms with Crippen LogP contribution in [0.5, 0.6) is 0 Å². The number of carbonyl (C=O) groups is 1. The highest BCUT2D eigenvalue weighted by Gasteiger charge is 2.36. The van der Waals surface area contributed by atoms with Crippen molar-refractivity contribution in [1.29, 1.82) is 0 Å². The van der Waals surface area contributed by atoms with Gasteiger partial charge in [-0.05, 0) is 17.8 Å². The Kier molecular flexibility index (Phi) is 6.43. The monoisotopic (exact) mass is 288 g/mol. The van der Waals surface area contributed by atoms with E-state index in [-0.39, 0.29) is 31.2 Å². The van der Waals surface area contributed by atoms with Gasteiger partial charge in [0.1, 0.15) is 6.79 Å². The summed E-state index contributed by atoms with van der Waals surface area (Å²) < 4.78 is 15.7. The average molecular weight is 288 g/mol. The van der Waals surface area contributed by atoms with Crippen molar-refractivity contribution in [1.82, 2.24) is 0 Å². The van der Waals surface area contributed by atoms with Crippen molar-refractivity contribution < 1.29 is 24.1 Å². The molecule has 1 aliphatic rings. The van der Waals surface area contributed by atoms with Gasteiger partial charge in [-0.25, -0.2) is 0 Å². The number of esters is 1. The minimum absolute atomic E-state index is 0.131. The number of ether oxygens (including phenoxy) is 3. The Bertz CT molecular complexity index is 302. The molecule has 0 aliphatic carbocycles. The van der Waals surface area contributed by atoms with Crippen LogP contribution in [0.1, 0.15) is 40.5 Å². The topological polar surface area (TPSA) is 65.0 Å². The van der Waals surface area contributed by atoms with Crippen molar-refractivity contribution in [3.63, 3.8) is 0 Å². The lowest BCUT2D eigenvalue weighted by molar-refractivity contribution is -0.187. The van der Waals surface area contributed by atoms with Crippen LogP contribution < -0.4 is 0 Å². The lowest BCUT2D eigenvalue weighted by Crippen LogP contribution is -2.42. The summed E-state index contributed by atoms with van der Waals surface area (Å²) in [5.41, 5.74) is -0.425. The SMILES string of the molecule is CC(COC(=O)CC1(CO)COCOC1)CC(C)(C)C. The number of rotatable bonds is 6. The van der Waals surface area contributed by atoms with Crippen molar-refractivity contribution in [2.75, 3.05) is 33.2 Å². The summed E-state index contributed by atoms with van der Waals surface area (Å²) in [6.07, 6.45) is 1.13. The number of aliphatic hydroxyl groups is 1. The molecule has 0 aromatic heterocycles. The zero-order valence-electron chi connectivity index (χ0n) is 13.1. The second-order valence-corrected chi connectivity index (χ2v) is 7.20. The van der Waals surface area contributed by atoms with Crippen LogP contribution in [0.25, 0.3) is 0 Å². The molecule has 0 bridgehead atoms. The highest BCUT2D eigenvalue weighted by molar-refractivity contribution is 5.70. The standard InChI is InChI=1S/C15H28O5/c1-12(5-14(2,3)4)7-20-13(17)6-15(8-16)9-18-11-19-10-15/h12,16H,5-11H2,1-4H3. The van der Waals surface area contributed by atoms with Crippen molar-refractivity contribution in [3.05, 3.63) is 0 Å². The summed E-state index contributed by atoms with van der Waals surface area (Å²) in [7, 11) is 0. The van der Waals surface area contributed by atoms with Gasteiger partial charge in [0.2, 0.25) is 0 Å². The van der Waals surface area contributed by atoms with Crippen LogP contribution in [-0.2, 0) is 19.0 Å². The molecule has 1 rings (SSSR count). The third kappa shape index (κ3) is 6.20. The second-order valence-electron chi connectivity index (χ2n) is 7.20. The Hall–Kier alpha value is -0.650. The molecule has 0 aromatic carbocycles. The highest BCUT2D eigenvalue weighted by Crippen LogP contribution is 2.27. The van der Waals surface area contributed by atoms with Gasteiger partial charge in [0.05, 0.1) is 38.3 Å². The Morgan fingerprint density at radius 2 is 1.95 bits per heavy atom. The van der Waals surface area contributed by atoms with Gasteiger partial charge in [-0.2, -0.15) is 0 Å². The molecule has 0 spiro atoms. The number of aliphatic hydroxyl groups excluding tert-OH is 1. The van der Waals surface area contributed by atoms with E-state index >= 15 is 0 Å². The van der Waals surface area contributed by atoms with E-state index in [0.717, 1.165) is 6.42 Å². The molecule has 1 N–H and O–H groups in total. The first-order valence-electron chi connectivity index (χ1n) is 7.18. The van der Waals surface area contributed by atoms with E-state index in [1.165, 1.54) is 0 Å². The van der Waals surface area contributed by atoms with Crippen molar-refractivity contribution in [2.24, 2.45) is 16.7 Å². The van der Waals surface area contributed by atoms with Gasteiger partial charge in [-0.3, -0.25) is 4.79 Å². The second kappa shape index (κ2) is 7.38. The molecular weight excluding hydrogens is 260 g/mol. The van der Waals surface area contributed by atoms with Crippen molar-refractivity contribution in [2.45, 2.75) is 40.5 Å². The van der Waals surface area contributed by atoms with Gasteiger partial charge in [0, 0.05) is 0 Å². The summed E-state index contributed by atoms with van der Waals surface area (Å²) in [4.78, 5) is 11.9. The maximum atomic E-state index is 11.9. The van der Waals surface area contributed by atoms with E-state index in [1.54, 1.807) is 0 Å². The summed E-state index contributed by atoms with van der Waals surface area (Å²) >= 11 is 0. The molecule has 1 heterocycles. The average Bonchev–Trinajstić information content (AvgIpc) is 2.35. The minimum atomic E-state index is -0.650. The maximum absolute atomic E-state index is 11.9. The maximum Gasteiger partial charge on any atom is 0.306 e. The molecule has 0 saturated carbocycles. The highest BCUT2D eigenvalue weighted by atomic mass is 16.7. The summed E-state index contributed by atoms with van der Waals surface area (Å²) in [6, 6.07) is 0. The molecule has 1 aliphatic heterocycles. The Morgan fingerprint density at radius 3 is 2.45 bits per heavy atom. The van der Waals surface area contributed by atoms with Gasteiger partial charge in [-0.1, -0.05) is 27.7 Å². The third-order valence-corrected chi connectivity index (χ3v) is 3.33. The molecular formula is C15H28O5. The lowest BCUT2D eigenvalue weighted by Gasteiger charge is -2.34. The zero-order chi connectivity index (χ0) is 15.2. The van der Waals surface area contributed by atoms with E-state index < -0.39 is 5.41 Å². The quantitative estimate of drug-likeness (QED) is 0.757. The van der Waals surface area contributed by atoms with E-state index in [1.807, 2.05) is 0 Å². The van der Waals surface area contributed by atoms with Crippen LogP contribution in [0.15, 0.2) is 0 Å². The lowest BCUT2D eigenvalue weighted by atomic mass is 9.85. The Morgan fingerprint density at radius 1 is 1.35 bits per heavy atom. The van der Waals surface area contributed by atoms with Gasteiger partial charge >= 0.3 is 5.97 Å². The van der Waals surface area contributed by atoms with Crippen LogP contribution >= 0.6 is 0 Å². The predicted octanol–water partition coefficient (Wildman–Crippen LogP) is 1.97. The minimum Gasteiger partial charge on any atom is -0.465 e. The number of carbonyl (C=O) groups excluding carboxylic acids is 1. The third-order valence-electron chi connectivity index (χ3n) is 3.33. The fourth-order valence-corrected chi connectivity index (χ4v) is 2.56.